The molecule has 1 heteroatoms. The number of rotatable bonds is 1. The molecule has 0 aliphatic carbocycles. The largest absolute Gasteiger partial charge is 0.246 e. The van der Waals surface area contributed by atoms with Crippen molar-refractivity contribution in [3.63, 3.8) is 0 Å². The molecule has 0 amide bonds. The van der Waals surface area contributed by atoms with Crippen molar-refractivity contribution in [1.82, 2.24) is 0 Å². The highest BCUT2D eigenvalue weighted by molar-refractivity contribution is 4.94. The number of allylic oxidation sites excluding steroid dienone is 2. The Morgan fingerprint density at radius 1 is 1.83 bits per heavy atom. The fourth-order valence-corrected chi connectivity index (χ4v) is 0.0772. The Kier molecular flexibility index (Phi) is 2.73. The molecule has 0 radical (unpaired) electrons. The standard InChI is InChI=1S/C5H9F/c1-3-5(2)4-6/h3H,4H2,1-2H3/b5-3+. The topological polar surface area (TPSA) is 0 Å². The lowest BCUT2D eigenvalue weighted by Crippen LogP contribution is -1.71. The summed E-state index contributed by atoms with van der Waals surface area (Å²) in [6, 6.07) is 0. The van der Waals surface area contributed by atoms with Crippen LogP contribution in [0.4, 0.5) is 4.39 Å². The van der Waals surface area contributed by atoms with E-state index in [-0.39, 0.29) is 6.67 Å². The summed E-state index contributed by atoms with van der Waals surface area (Å²) in [4.78, 5) is 0. The zero-order chi connectivity index (χ0) is 4.99. The minimum Gasteiger partial charge on any atom is -0.246 e. The third-order valence-corrected chi connectivity index (χ3v) is 0.704. The molecule has 0 aromatic carbocycles. The van der Waals surface area contributed by atoms with Crippen molar-refractivity contribution >= 4 is 0 Å². The van der Waals surface area contributed by atoms with E-state index < -0.39 is 0 Å². The molecular weight excluding hydrogens is 79.1 g/mol. The first-order valence-corrected chi connectivity index (χ1v) is 1.99. The van der Waals surface area contributed by atoms with E-state index in [1.165, 1.54) is 0 Å². The summed E-state index contributed by atoms with van der Waals surface area (Å²) < 4.78 is 11.3. The SMILES string of the molecule is C/C=C(\C)CF. The Morgan fingerprint density at radius 2 is 2.33 bits per heavy atom. The lowest BCUT2D eigenvalue weighted by molar-refractivity contribution is 0.543. The lowest BCUT2D eigenvalue weighted by Gasteiger charge is -1.81. The monoisotopic (exact) mass is 88.1 g/mol. The van der Waals surface area contributed by atoms with Gasteiger partial charge in [-0.05, 0) is 19.4 Å². The quantitative estimate of drug-likeness (QED) is 0.429. The third kappa shape index (κ3) is 1.94. The molecule has 0 atom stereocenters. The van der Waals surface area contributed by atoms with E-state index in [1.807, 2.05) is 6.92 Å². The molecule has 0 saturated heterocycles. The molecule has 0 aromatic heterocycles. The van der Waals surface area contributed by atoms with Crippen LogP contribution < -0.4 is 0 Å². The van der Waals surface area contributed by atoms with Gasteiger partial charge < -0.3 is 0 Å². The van der Waals surface area contributed by atoms with Gasteiger partial charge in [-0.15, -0.1) is 0 Å². The predicted octanol–water partition coefficient (Wildman–Crippen LogP) is 1.92. The maximum atomic E-state index is 11.3. The Balaban J connectivity index is 3.22. The minimum absolute atomic E-state index is 0.309. The molecule has 0 heterocycles. The lowest BCUT2D eigenvalue weighted by atomic mass is 10.3. The fourth-order valence-electron chi connectivity index (χ4n) is 0.0772. The highest BCUT2D eigenvalue weighted by Gasteiger charge is 1.76. The summed E-state index contributed by atoms with van der Waals surface area (Å²) in [6.45, 7) is 3.28. The molecule has 6 heavy (non-hydrogen) atoms. The van der Waals surface area contributed by atoms with Crippen LogP contribution in [0.15, 0.2) is 11.6 Å². The van der Waals surface area contributed by atoms with Gasteiger partial charge in [0.05, 0.1) is 0 Å². The molecule has 0 aliphatic rings. The molecule has 0 bridgehead atoms. The van der Waals surface area contributed by atoms with Crippen molar-refractivity contribution < 1.29 is 4.39 Å². The zero-order valence-electron chi connectivity index (χ0n) is 4.16. The highest BCUT2D eigenvalue weighted by atomic mass is 19.1. The summed E-state index contributed by atoms with van der Waals surface area (Å²) in [5.74, 6) is 0. The molecule has 0 fully saturated rings. The first-order valence-electron chi connectivity index (χ1n) is 1.99. The van der Waals surface area contributed by atoms with Crippen molar-refractivity contribution in [3.8, 4) is 0 Å². The van der Waals surface area contributed by atoms with E-state index >= 15 is 0 Å². The maximum absolute atomic E-state index is 11.3. The van der Waals surface area contributed by atoms with Crippen LogP contribution in [0.25, 0.3) is 0 Å². The van der Waals surface area contributed by atoms with Crippen LogP contribution in [0.3, 0.4) is 0 Å². The van der Waals surface area contributed by atoms with Crippen molar-refractivity contribution in [2.24, 2.45) is 0 Å². The summed E-state index contributed by atoms with van der Waals surface area (Å²) in [5, 5.41) is 0. The van der Waals surface area contributed by atoms with Gasteiger partial charge in [-0.25, -0.2) is 4.39 Å². The van der Waals surface area contributed by atoms with E-state index in [0.29, 0.717) is 0 Å². The van der Waals surface area contributed by atoms with Gasteiger partial charge in [0.15, 0.2) is 0 Å². The van der Waals surface area contributed by atoms with E-state index in [1.54, 1.807) is 13.0 Å². The fraction of sp³-hybridized carbons (Fsp3) is 0.600. The molecule has 0 aromatic rings. The van der Waals surface area contributed by atoms with Crippen molar-refractivity contribution in [2.45, 2.75) is 13.8 Å². The molecule has 0 nitrogen and oxygen atoms in total. The van der Waals surface area contributed by atoms with Crippen LogP contribution in [0.5, 0.6) is 0 Å². The van der Waals surface area contributed by atoms with Crippen molar-refractivity contribution in [3.05, 3.63) is 11.6 Å². The number of alkyl halides is 1. The molecule has 0 unspecified atom stereocenters. The number of halogens is 1. The smallest absolute Gasteiger partial charge is 0.110 e. The average molecular weight is 88.1 g/mol. The van der Waals surface area contributed by atoms with Crippen LogP contribution in [0.1, 0.15) is 13.8 Å². The summed E-state index contributed by atoms with van der Waals surface area (Å²) >= 11 is 0. The minimum atomic E-state index is -0.309. The van der Waals surface area contributed by atoms with E-state index in [4.69, 9.17) is 0 Å². The summed E-state index contributed by atoms with van der Waals surface area (Å²) in [6.07, 6.45) is 1.76. The Hall–Kier alpha value is -0.330. The van der Waals surface area contributed by atoms with E-state index in [9.17, 15) is 4.39 Å². The summed E-state index contributed by atoms with van der Waals surface area (Å²) in [7, 11) is 0. The molecule has 0 N–H and O–H groups in total. The van der Waals surface area contributed by atoms with Gasteiger partial charge in [0.2, 0.25) is 0 Å². The molecule has 0 spiro atoms. The Morgan fingerprint density at radius 3 is 2.33 bits per heavy atom. The van der Waals surface area contributed by atoms with Gasteiger partial charge in [-0.1, -0.05) is 6.08 Å². The van der Waals surface area contributed by atoms with Gasteiger partial charge in [0.1, 0.15) is 6.67 Å². The Bertz CT molecular complexity index is 55.0. The number of hydrogen-bond acceptors (Lipinski definition) is 0. The van der Waals surface area contributed by atoms with Gasteiger partial charge in [0, 0.05) is 0 Å². The third-order valence-electron chi connectivity index (χ3n) is 0.704. The molecule has 36 valence electrons. The number of hydrogen-bond donors (Lipinski definition) is 0. The van der Waals surface area contributed by atoms with Crippen LogP contribution in [-0.2, 0) is 0 Å². The first-order chi connectivity index (χ1) is 2.81. The van der Waals surface area contributed by atoms with Gasteiger partial charge in [-0.2, -0.15) is 0 Å². The van der Waals surface area contributed by atoms with Gasteiger partial charge >= 0.3 is 0 Å². The van der Waals surface area contributed by atoms with E-state index in [2.05, 4.69) is 0 Å². The van der Waals surface area contributed by atoms with E-state index in [0.717, 1.165) is 5.57 Å². The zero-order valence-corrected chi connectivity index (χ0v) is 4.16. The molecule has 0 aliphatic heterocycles. The Labute approximate surface area is 37.7 Å². The second kappa shape index (κ2) is 2.88. The molecule has 0 saturated carbocycles. The van der Waals surface area contributed by atoms with Gasteiger partial charge in [-0.3, -0.25) is 0 Å². The van der Waals surface area contributed by atoms with Gasteiger partial charge in [0.25, 0.3) is 0 Å². The first kappa shape index (κ1) is 5.67. The normalized spacial score (nSPS) is 12.2. The predicted molar refractivity (Wildman–Crippen MR) is 25.4 cm³/mol. The maximum Gasteiger partial charge on any atom is 0.110 e. The second-order valence-electron chi connectivity index (χ2n) is 1.27. The van der Waals surface area contributed by atoms with Crippen molar-refractivity contribution in [1.29, 1.82) is 0 Å². The molecule has 0 rings (SSSR count). The van der Waals surface area contributed by atoms with Crippen LogP contribution in [0, 0.1) is 0 Å². The second-order valence-corrected chi connectivity index (χ2v) is 1.27. The van der Waals surface area contributed by atoms with Crippen molar-refractivity contribution in [2.75, 3.05) is 6.67 Å². The van der Waals surface area contributed by atoms with Crippen LogP contribution in [-0.4, -0.2) is 6.67 Å². The summed E-state index contributed by atoms with van der Waals surface area (Å²) in [5.41, 5.74) is 0.801. The average Bonchev–Trinajstić information content (AvgIpc) is 1.65. The highest BCUT2D eigenvalue weighted by Crippen LogP contribution is 1.88. The molecular formula is C5H9F. The van der Waals surface area contributed by atoms with Crippen LogP contribution >= 0.6 is 0 Å². The van der Waals surface area contributed by atoms with Crippen LogP contribution in [0.2, 0.25) is 0 Å².